The summed E-state index contributed by atoms with van der Waals surface area (Å²) < 4.78 is 5.65. The van der Waals surface area contributed by atoms with Gasteiger partial charge in [0.15, 0.2) is 5.82 Å². The van der Waals surface area contributed by atoms with E-state index in [-0.39, 0.29) is 5.60 Å². The number of methoxy groups -OCH3 is 1. The average molecular weight is 249 g/mol. The topological polar surface area (TPSA) is 47.0 Å². The highest BCUT2D eigenvalue weighted by Crippen LogP contribution is 2.42. The minimum atomic E-state index is -0.216. The van der Waals surface area contributed by atoms with Crippen molar-refractivity contribution in [3.8, 4) is 0 Å². The van der Waals surface area contributed by atoms with E-state index in [4.69, 9.17) is 4.74 Å². The zero-order chi connectivity index (χ0) is 13.2. The van der Waals surface area contributed by atoms with Crippen LogP contribution in [0.25, 0.3) is 0 Å². The van der Waals surface area contributed by atoms with Crippen LogP contribution in [0.1, 0.15) is 49.0 Å². The second kappa shape index (κ2) is 5.33. The quantitative estimate of drug-likeness (QED) is 0.869. The molecular formula is C14H23N3O. The number of hydrogen-bond donors (Lipinski definition) is 1. The summed E-state index contributed by atoms with van der Waals surface area (Å²) in [7, 11) is 1.76. The highest BCUT2D eigenvalue weighted by atomic mass is 16.5. The molecule has 1 saturated carbocycles. The first-order valence-electron chi connectivity index (χ1n) is 6.73. The van der Waals surface area contributed by atoms with E-state index in [1.54, 1.807) is 7.11 Å². The Labute approximate surface area is 109 Å². The van der Waals surface area contributed by atoms with Crippen molar-refractivity contribution in [3.63, 3.8) is 0 Å². The van der Waals surface area contributed by atoms with Crippen LogP contribution in [0.5, 0.6) is 0 Å². The van der Waals surface area contributed by atoms with Crippen LogP contribution in [0, 0.1) is 13.8 Å². The second-order valence-electron chi connectivity index (χ2n) is 5.03. The fourth-order valence-electron chi connectivity index (χ4n) is 2.47. The molecule has 0 aromatic carbocycles. The summed E-state index contributed by atoms with van der Waals surface area (Å²) in [5, 5.41) is 3.34. The third-order valence-electron chi connectivity index (χ3n) is 3.93. The van der Waals surface area contributed by atoms with E-state index in [1.165, 1.54) is 12.0 Å². The summed E-state index contributed by atoms with van der Waals surface area (Å²) in [5.74, 6) is 0.867. The SMILES string of the molecule is CCNCc1c(C)nc(C2(OC)CCC2)nc1C. The van der Waals surface area contributed by atoms with Crippen LogP contribution in [0.2, 0.25) is 0 Å². The van der Waals surface area contributed by atoms with Gasteiger partial charge in [-0.15, -0.1) is 0 Å². The van der Waals surface area contributed by atoms with Crippen molar-refractivity contribution in [1.29, 1.82) is 0 Å². The fraction of sp³-hybridized carbons (Fsp3) is 0.714. The predicted octanol–water partition coefficient (Wildman–Crippen LogP) is 2.23. The van der Waals surface area contributed by atoms with E-state index in [0.717, 1.165) is 43.1 Å². The molecule has 0 bridgehead atoms. The third-order valence-corrected chi connectivity index (χ3v) is 3.93. The van der Waals surface area contributed by atoms with Gasteiger partial charge in [0.1, 0.15) is 5.60 Å². The molecule has 18 heavy (non-hydrogen) atoms. The van der Waals surface area contributed by atoms with Crippen LogP contribution < -0.4 is 5.32 Å². The molecule has 0 spiro atoms. The molecule has 1 aromatic rings. The summed E-state index contributed by atoms with van der Waals surface area (Å²) in [4.78, 5) is 9.35. The lowest BCUT2D eigenvalue weighted by Crippen LogP contribution is -2.38. The Balaban J connectivity index is 2.30. The summed E-state index contributed by atoms with van der Waals surface area (Å²) >= 11 is 0. The minimum Gasteiger partial charge on any atom is -0.370 e. The van der Waals surface area contributed by atoms with Crippen LogP contribution in [0.3, 0.4) is 0 Å². The number of hydrogen-bond acceptors (Lipinski definition) is 4. The number of nitrogens with one attached hydrogen (secondary N) is 1. The smallest absolute Gasteiger partial charge is 0.160 e. The molecule has 1 aliphatic carbocycles. The molecule has 4 heteroatoms. The molecule has 1 aliphatic rings. The standard InChI is InChI=1S/C14H23N3O/c1-5-15-9-12-10(2)16-13(17-11(12)3)14(18-4)7-6-8-14/h15H,5-9H2,1-4H3. The molecule has 4 nitrogen and oxygen atoms in total. The first-order valence-corrected chi connectivity index (χ1v) is 6.73. The van der Waals surface area contributed by atoms with Crippen molar-refractivity contribution in [2.24, 2.45) is 0 Å². The molecule has 0 saturated heterocycles. The molecule has 1 fully saturated rings. The first kappa shape index (κ1) is 13.4. The molecule has 1 aromatic heterocycles. The van der Waals surface area contributed by atoms with Crippen LogP contribution in [0.4, 0.5) is 0 Å². The Hall–Kier alpha value is -1.00. The molecule has 0 radical (unpaired) electrons. The van der Waals surface area contributed by atoms with Gasteiger partial charge in [-0.2, -0.15) is 0 Å². The van der Waals surface area contributed by atoms with E-state index < -0.39 is 0 Å². The molecule has 0 unspecified atom stereocenters. The van der Waals surface area contributed by atoms with Gasteiger partial charge in [0.2, 0.25) is 0 Å². The van der Waals surface area contributed by atoms with Crippen LogP contribution >= 0.6 is 0 Å². The van der Waals surface area contributed by atoms with Gasteiger partial charge in [-0.25, -0.2) is 9.97 Å². The molecule has 100 valence electrons. The van der Waals surface area contributed by atoms with Crippen molar-refractivity contribution in [2.45, 2.75) is 52.2 Å². The summed E-state index contributed by atoms with van der Waals surface area (Å²) in [6, 6.07) is 0. The van der Waals surface area contributed by atoms with Gasteiger partial charge < -0.3 is 10.1 Å². The summed E-state index contributed by atoms with van der Waals surface area (Å²) in [6.45, 7) is 8.03. The Morgan fingerprint density at radius 3 is 2.22 bits per heavy atom. The van der Waals surface area contributed by atoms with Crippen molar-refractivity contribution in [1.82, 2.24) is 15.3 Å². The van der Waals surface area contributed by atoms with Crippen molar-refractivity contribution < 1.29 is 4.74 Å². The first-order chi connectivity index (χ1) is 8.63. The Morgan fingerprint density at radius 1 is 1.22 bits per heavy atom. The Bertz CT molecular complexity index is 399. The van der Waals surface area contributed by atoms with Gasteiger partial charge in [0.25, 0.3) is 0 Å². The number of ether oxygens (including phenoxy) is 1. The monoisotopic (exact) mass is 249 g/mol. The highest BCUT2D eigenvalue weighted by Gasteiger charge is 2.42. The fourth-order valence-corrected chi connectivity index (χ4v) is 2.47. The molecule has 1 N–H and O–H groups in total. The summed E-state index contributed by atoms with van der Waals surface area (Å²) in [5.41, 5.74) is 3.14. The van der Waals surface area contributed by atoms with E-state index in [9.17, 15) is 0 Å². The molecule has 2 rings (SSSR count). The molecule has 0 amide bonds. The van der Waals surface area contributed by atoms with Crippen LogP contribution in [0.15, 0.2) is 0 Å². The minimum absolute atomic E-state index is 0.216. The van der Waals surface area contributed by atoms with Crippen molar-refractivity contribution in [3.05, 3.63) is 22.8 Å². The van der Waals surface area contributed by atoms with E-state index in [0.29, 0.717) is 0 Å². The molecule has 0 aliphatic heterocycles. The normalized spacial score (nSPS) is 17.6. The number of rotatable bonds is 5. The molecule has 0 atom stereocenters. The van der Waals surface area contributed by atoms with Crippen molar-refractivity contribution >= 4 is 0 Å². The van der Waals surface area contributed by atoms with Gasteiger partial charge in [-0.1, -0.05) is 6.92 Å². The van der Waals surface area contributed by atoms with E-state index in [1.807, 2.05) is 0 Å². The van der Waals surface area contributed by atoms with Gasteiger partial charge in [-0.05, 0) is 39.7 Å². The lowest BCUT2D eigenvalue weighted by molar-refractivity contribution is -0.0849. The maximum absolute atomic E-state index is 5.65. The van der Waals surface area contributed by atoms with Gasteiger partial charge in [0.05, 0.1) is 0 Å². The van der Waals surface area contributed by atoms with Crippen molar-refractivity contribution in [2.75, 3.05) is 13.7 Å². The van der Waals surface area contributed by atoms with E-state index in [2.05, 4.69) is 36.1 Å². The second-order valence-corrected chi connectivity index (χ2v) is 5.03. The predicted molar refractivity (Wildman–Crippen MR) is 71.4 cm³/mol. The number of aromatic nitrogens is 2. The van der Waals surface area contributed by atoms with Gasteiger partial charge >= 0.3 is 0 Å². The van der Waals surface area contributed by atoms with Crippen LogP contribution in [-0.2, 0) is 16.9 Å². The number of nitrogens with zero attached hydrogens (tertiary/aromatic N) is 2. The molecule has 1 heterocycles. The Morgan fingerprint density at radius 2 is 1.83 bits per heavy atom. The lowest BCUT2D eigenvalue weighted by atomic mass is 9.79. The molecular weight excluding hydrogens is 226 g/mol. The third kappa shape index (κ3) is 2.27. The largest absolute Gasteiger partial charge is 0.370 e. The maximum atomic E-state index is 5.65. The number of aryl methyl sites for hydroxylation is 2. The Kier molecular flexibility index (Phi) is 3.97. The zero-order valence-electron chi connectivity index (χ0n) is 11.8. The lowest BCUT2D eigenvalue weighted by Gasteiger charge is -2.39. The summed E-state index contributed by atoms with van der Waals surface area (Å²) in [6.07, 6.45) is 3.28. The van der Waals surface area contributed by atoms with E-state index >= 15 is 0 Å². The average Bonchev–Trinajstić information content (AvgIpc) is 2.27. The van der Waals surface area contributed by atoms with Gasteiger partial charge in [0, 0.05) is 30.6 Å². The highest BCUT2D eigenvalue weighted by molar-refractivity contribution is 5.26. The zero-order valence-corrected chi connectivity index (χ0v) is 11.8. The maximum Gasteiger partial charge on any atom is 0.160 e. The van der Waals surface area contributed by atoms with Gasteiger partial charge in [-0.3, -0.25) is 0 Å². The van der Waals surface area contributed by atoms with Crippen LogP contribution in [-0.4, -0.2) is 23.6 Å².